The van der Waals surface area contributed by atoms with Gasteiger partial charge < -0.3 is 15.0 Å². The van der Waals surface area contributed by atoms with Crippen molar-refractivity contribution >= 4 is 0 Å². The van der Waals surface area contributed by atoms with E-state index in [-0.39, 0.29) is 6.04 Å². The molecule has 1 aromatic carbocycles. The second-order valence-electron chi connectivity index (χ2n) is 4.08. The highest BCUT2D eigenvalue weighted by atomic mass is 16.5. The highest BCUT2D eigenvalue weighted by Gasteiger charge is 2.15. The van der Waals surface area contributed by atoms with Gasteiger partial charge in [-0.3, -0.25) is 0 Å². The van der Waals surface area contributed by atoms with Crippen LogP contribution in [0.1, 0.15) is 31.7 Å². The first-order valence-electron chi connectivity index (χ1n) is 5.98. The number of hydrogen-bond acceptors (Lipinski definition) is 5. The highest BCUT2D eigenvalue weighted by Crippen LogP contribution is 2.23. The lowest BCUT2D eigenvalue weighted by Gasteiger charge is -2.02. The number of benzene rings is 1. The molecule has 1 aromatic heterocycles. The minimum atomic E-state index is -0.193. The maximum absolute atomic E-state index is 5.93. The summed E-state index contributed by atoms with van der Waals surface area (Å²) in [6, 6.07) is 7.33. The molecule has 5 nitrogen and oxygen atoms in total. The molecule has 5 heteroatoms. The van der Waals surface area contributed by atoms with Crippen molar-refractivity contribution in [2.24, 2.45) is 5.73 Å². The Bertz CT molecular complexity index is 510. The monoisotopic (exact) mass is 247 g/mol. The van der Waals surface area contributed by atoms with Crippen molar-refractivity contribution in [2.45, 2.75) is 25.8 Å². The smallest absolute Gasteiger partial charge is 0.243 e. The summed E-state index contributed by atoms with van der Waals surface area (Å²) in [5.41, 5.74) is 6.79. The fourth-order valence-corrected chi connectivity index (χ4v) is 1.70. The Morgan fingerprint density at radius 1 is 1.44 bits per heavy atom. The lowest BCUT2D eigenvalue weighted by molar-refractivity contribution is 0.348. The molecule has 2 aromatic rings. The summed E-state index contributed by atoms with van der Waals surface area (Å²) in [4.78, 5) is 4.32. The number of nitrogens with two attached hydrogens (primary N) is 1. The van der Waals surface area contributed by atoms with E-state index in [0.717, 1.165) is 24.2 Å². The highest BCUT2D eigenvalue weighted by molar-refractivity contribution is 5.56. The number of aromatic nitrogens is 2. The maximum atomic E-state index is 5.93. The van der Waals surface area contributed by atoms with E-state index in [1.807, 2.05) is 24.3 Å². The molecule has 1 heterocycles. The number of rotatable bonds is 5. The van der Waals surface area contributed by atoms with Crippen molar-refractivity contribution < 1.29 is 9.26 Å². The number of ether oxygens (including phenoxy) is 1. The van der Waals surface area contributed by atoms with Crippen LogP contribution in [0, 0.1) is 0 Å². The average Bonchev–Trinajstić information content (AvgIpc) is 2.89. The van der Waals surface area contributed by atoms with Crippen LogP contribution in [0.3, 0.4) is 0 Å². The van der Waals surface area contributed by atoms with Gasteiger partial charge in [0.05, 0.1) is 13.2 Å². The molecule has 0 aliphatic heterocycles. The van der Waals surface area contributed by atoms with E-state index in [4.69, 9.17) is 15.0 Å². The van der Waals surface area contributed by atoms with Crippen molar-refractivity contribution in [3.63, 3.8) is 0 Å². The van der Waals surface area contributed by atoms with Crippen molar-refractivity contribution in [3.8, 4) is 17.1 Å². The standard InChI is InChI=1S/C13H17N3O2/c1-3-5-11(14)13-15-12(16-18-13)9-6-4-7-10(8-9)17-2/h4,6-8,11H,3,5,14H2,1-2H3. The van der Waals surface area contributed by atoms with E-state index < -0.39 is 0 Å². The van der Waals surface area contributed by atoms with Gasteiger partial charge in [0, 0.05) is 5.56 Å². The molecule has 1 atom stereocenters. The summed E-state index contributed by atoms with van der Waals surface area (Å²) in [6.45, 7) is 2.07. The number of nitrogens with zero attached hydrogens (tertiary/aromatic N) is 2. The van der Waals surface area contributed by atoms with Crippen LogP contribution in [-0.2, 0) is 0 Å². The van der Waals surface area contributed by atoms with Gasteiger partial charge in [0.15, 0.2) is 0 Å². The van der Waals surface area contributed by atoms with Gasteiger partial charge in [-0.1, -0.05) is 30.6 Å². The molecule has 0 saturated heterocycles. The van der Waals surface area contributed by atoms with Gasteiger partial charge in [-0.25, -0.2) is 0 Å². The number of methoxy groups -OCH3 is 1. The molecule has 1 unspecified atom stereocenters. The first-order chi connectivity index (χ1) is 8.74. The van der Waals surface area contributed by atoms with Crippen LogP contribution in [0.15, 0.2) is 28.8 Å². The second kappa shape index (κ2) is 5.64. The lowest BCUT2D eigenvalue weighted by Crippen LogP contribution is -2.09. The first kappa shape index (κ1) is 12.6. The van der Waals surface area contributed by atoms with E-state index in [2.05, 4.69) is 17.1 Å². The molecule has 96 valence electrons. The SMILES string of the molecule is CCCC(N)c1nc(-c2cccc(OC)c2)no1. The molecule has 2 rings (SSSR count). The van der Waals surface area contributed by atoms with Crippen LogP contribution >= 0.6 is 0 Å². The zero-order valence-corrected chi connectivity index (χ0v) is 10.6. The van der Waals surface area contributed by atoms with Crippen LogP contribution in [0.25, 0.3) is 11.4 Å². The van der Waals surface area contributed by atoms with Crippen molar-refractivity contribution in [1.29, 1.82) is 0 Å². The third-order valence-electron chi connectivity index (χ3n) is 2.69. The van der Waals surface area contributed by atoms with Gasteiger partial charge in [-0.15, -0.1) is 0 Å². The first-order valence-corrected chi connectivity index (χ1v) is 5.98. The molecule has 0 aliphatic rings. The lowest BCUT2D eigenvalue weighted by atomic mass is 10.2. The summed E-state index contributed by atoms with van der Waals surface area (Å²) in [6.07, 6.45) is 1.82. The van der Waals surface area contributed by atoms with Gasteiger partial charge in [-0.05, 0) is 18.6 Å². The van der Waals surface area contributed by atoms with E-state index in [1.54, 1.807) is 7.11 Å². The largest absolute Gasteiger partial charge is 0.497 e. The van der Waals surface area contributed by atoms with E-state index in [1.165, 1.54) is 0 Å². The van der Waals surface area contributed by atoms with Crippen LogP contribution in [0.4, 0.5) is 0 Å². The third-order valence-corrected chi connectivity index (χ3v) is 2.69. The van der Waals surface area contributed by atoms with Crippen LogP contribution in [0.5, 0.6) is 5.75 Å². The zero-order chi connectivity index (χ0) is 13.0. The molecule has 0 saturated carbocycles. The molecule has 0 aliphatic carbocycles. The Balaban J connectivity index is 2.23. The molecular weight excluding hydrogens is 230 g/mol. The maximum Gasteiger partial charge on any atom is 0.243 e. The normalized spacial score (nSPS) is 12.4. The Kier molecular flexibility index (Phi) is 3.94. The van der Waals surface area contributed by atoms with E-state index >= 15 is 0 Å². The van der Waals surface area contributed by atoms with E-state index in [9.17, 15) is 0 Å². The van der Waals surface area contributed by atoms with Crippen LogP contribution < -0.4 is 10.5 Å². The quantitative estimate of drug-likeness (QED) is 0.878. The van der Waals surface area contributed by atoms with Gasteiger partial charge in [0.1, 0.15) is 5.75 Å². The minimum absolute atomic E-state index is 0.193. The van der Waals surface area contributed by atoms with E-state index in [0.29, 0.717) is 11.7 Å². The van der Waals surface area contributed by atoms with Gasteiger partial charge >= 0.3 is 0 Å². The second-order valence-corrected chi connectivity index (χ2v) is 4.08. The number of hydrogen-bond donors (Lipinski definition) is 1. The molecule has 2 N–H and O–H groups in total. The van der Waals surface area contributed by atoms with Gasteiger partial charge in [-0.2, -0.15) is 4.98 Å². The predicted molar refractivity (Wildman–Crippen MR) is 68.1 cm³/mol. The molecule has 0 radical (unpaired) electrons. The molecular formula is C13H17N3O2. The Morgan fingerprint density at radius 3 is 3.00 bits per heavy atom. The Morgan fingerprint density at radius 2 is 2.28 bits per heavy atom. The van der Waals surface area contributed by atoms with Crippen LogP contribution in [0.2, 0.25) is 0 Å². The van der Waals surface area contributed by atoms with Crippen LogP contribution in [-0.4, -0.2) is 17.3 Å². The molecule has 0 bridgehead atoms. The van der Waals surface area contributed by atoms with Crippen molar-refractivity contribution in [1.82, 2.24) is 10.1 Å². The Labute approximate surface area is 106 Å². The van der Waals surface area contributed by atoms with Crippen molar-refractivity contribution in [3.05, 3.63) is 30.2 Å². The molecule has 0 amide bonds. The van der Waals surface area contributed by atoms with Gasteiger partial charge in [0.25, 0.3) is 0 Å². The molecule has 0 fully saturated rings. The van der Waals surface area contributed by atoms with Crippen molar-refractivity contribution in [2.75, 3.05) is 7.11 Å². The third kappa shape index (κ3) is 2.68. The summed E-state index contributed by atoms with van der Waals surface area (Å²) in [7, 11) is 1.62. The summed E-state index contributed by atoms with van der Waals surface area (Å²) >= 11 is 0. The van der Waals surface area contributed by atoms with Gasteiger partial charge in [0.2, 0.25) is 11.7 Å². The topological polar surface area (TPSA) is 74.2 Å². The summed E-state index contributed by atoms with van der Waals surface area (Å²) < 4.78 is 10.3. The fourth-order valence-electron chi connectivity index (χ4n) is 1.70. The summed E-state index contributed by atoms with van der Waals surface area (Å²) in [5, 5.41) is 3.94. The molecule has 18 heavy (non-hydrogen) atoms. The fraction of sp³-hybridized carbons (Fsp3) is 0.385. The molecule has 0 spiro atoms. The average molecular weight is 247 g/mol. The Hall–Kier alpha value is -1.88. The zero-order valence-electron chi connectivity index (χ0n) is 10.6. The predicted octanol–water partition coefficient (Wildman–Crippen LogP) is 2.55. The minimum Gasteiger partial charge on any atom is -0.497 e. The summed E-state index contributed by atoms with van der Waals surface area (Å²) in [5.74, 6) is 1.78.